The number of thiophene rings is 1. The fourth-order valence-corrected chi connectivity index (χ4v) is 6.26. The standard InChI is InChI=1S/C17H14N4O4S3/c22-12-10(14(24)20-3-6-27-16(20)18-12)9(8-2-1-5-26-8)11-13(23)19-17-21(15(11)25)4-7-28-17/h1-2,5,9,22-23H,3-4,6-7H2. The van der Waals surface area contributed by atoms with Crippen LogP contribution in [-0.2, 0) is 13.1 Å². The van der Waals surface area contributed by atoms with Crippen LogP contribution in [0.25, 0.3) is 0 Å². The van der Waals surface area contributed by atoms with Crippen LogP contribution in [0.3, 0.4) is 0 Å². The van der Waals surface area contributed by atoms with E-state index in [1.165, 1.54) is 44.0 Å². The van der Waals surface area contributed by atoms with E-state index in [1.807, 2.05) is 5.38 Å². The second-order valence-corrected chi connectivity index (χ2v) is 9.43. The first-order valence-corrected chi connectivity index (χ1v) is 11.4. The Morgan fingerprint density at radius 2 is 1.46 bits per heavy atom. The largest absolute Gasteiger partial charge is 0.493 e. The lowest BCUT2D eigenvalue weighted by Gasteiger charge is -2.19. The number of aromatic nitrogens is 4. The van der Waals surface area contributed by atoms with Gasteiger partial charge in [-0.3, -0.25) is 18.7 Å². The molecule has 144 valence electrons. The second kappa shape index (κ2) is 6.68. The summed E-state index contributed by atoms with van der Waals surface area (Å²) in [7, 11) is 0. The molecule has 0 bridgehead atoms. The number of nitrogens with zero attached hydrogens (tertiary/aromatic N) is 4. The van der Waals surface area contributed by atoms with E-state index in [9.17, 15) is 19.8 Å². The normalized spacial score (nSPS) is 15.2. The van der Waals surface area contributed by atoms with Gasteiger partial charge < -0.3 is 10.2 Å². The number of thioether (sulfide) groups is 2. The summed E-state index contributed by atoms with van der Waals surface area (Å²) in [5.74, 6) is -0.377. The van der Waals surface area contributed by atoms with Gasteiger partial charge >= 0.3 is 0 Å². The Balaban J connectivity index is 1.82. The Labute approximate surface area is 170 Å². The van der Waals surface area contributed by atoms with Crippen molar-refractivity contribution in [2.24, 2.45) is 0 Å². The van der Waals surface area contributed by atoms with E-state index in [2.05, 4.69) is 9.97 Å². The average Bonchev–Trinajstić information content (AvgIpc) is 3.41. The lowest BCUT2D eigenvalue weighted by molar-refractivity contribution is 0.415. The van der Waals surface area contributed by atoms with E-state index < -0.39 is 28.8 Å². The third-order valence-corrected chi connectivity index (χ3v) is 7.65. The highest BCUT2D eigenvalue weighted by molar-refractivity contribution is 7.99. The van der Waals surface area contributed by atoms with E-state index in [-0.39, 0.29) is 11.1 Å². The quantitative estimate of drug-likeness (QED) is 0.599. The van der Waals surface area contributed by atoms with Crippen molar-refractivity contribution in [2.45, 2.75) is 29.3 Å². The maximum atomic E-state index is 13.2. The first kappa shape index (κ1) is 17.8. The molecule has 0 aliphatic carbocycles. The van der Waals surface area contributed by atoms with Crippen molar-refractivity contribution in [2.75, 3.05) is 11.5 Å². The Bertz CT molecular complexity index is 1130. The van der Waals surface area contributed by atoms with Gasteiger partial charge in [0.15, 0.2) is 10.3 Å². The first-order valence-electron chi connectivity index (χ1n) is 8.52. The highest BCUT2D eigenvalue weighted by atomic mass is 32.2. The van der Waals surface area contributed by atoms with Gasteiger partial charge in [-0.2, -0.15) is 9.97 Å². The minimum Gasteiger partial charge on any atom is -0.493 e. The molecule has 0 saturated heterocycles. The van der Waals surface area contributed by atoms with Gasteiger partial charge in [0.25, 0.3) is 11.1 Å². The molecule has 8 nitrogen and oxygen atoms in total. The summed E-state index contributed by atoms with van der Waals surface area (Å²) < 4.78 is 3.01. The molecule has 5 heterocycles. The fourth-order valence-electron chi connectivity index (χ4n) is 3.54. The monoisotopic (exact) mass is 434 g/mol. The first-order chi connectivity index (χ1) is 13.6. The van der Waals surface area contributed by atoms with Crippen LogP contribution in [0.2, 0.25) is 0 Å². The number of hydrogen-bond donors (Lipinski definition) is 2. The molecule has 0 amide bonds. The van der Waals surface area contributed by atoms with Gasteiger partial charge in [0, 0.05) is 29.5 Å². The van der Waals surface area contributed by atoms with Crippen LogP contribution in [0.4, 0.5) is 0 Å². The lowest BCUT2D eigenvalue weighted by atomic mass is 9.92. The second-order valence-electron chi connectivity index (χ2n) is 6.32. The molecule has 0 atom stereocenters. The summed E-state index contributed by atoms with van der Waals surface area (Å²) in [5, 5.41) is 24.0. The zero-order valence-electron chi connectivity index (χ0n) is 14.4. The molecule has 0 fully saturated rings. The Hall–Kier alpha value is -2.24. The van der Waals surface area contributed by atoms with Crippen molar-refractivity contribution < 1.29 is 10.2 Å². The maximum absolute atomic E-state index is 13.2. The molecule has 0 aromatic carbocycles. The van der Waals surface area contributed by atoms with Gasteiger partial charge in [-0.15, -0.1) is 11.3 Å². The van der Waals surface area contributed by atoms with Crippen LogP contribution in [0.5, 0.6) is 11.8 Å². The van der Waals surface area contributed by atoms with Gasteiger partial charge in [0.2, 0.25) is 11.8 Å². The van der Waals surface area contributed by atoms with E-state index in [1.54, 1.807) is 12.1 Å². The van der Waals surface area contributed by atoms with E-state index in [0.717, 1.165) is 0 Å². The van der Waals surface area contributed by atoms with Crippen LogP contribution in [0, 0.1) is 0 Å². The molecule has 28 heavy (non-hydrogen) atoms. The van der Waals surface area contributed by atoms with Crippen LogP contribution in [0.1, 0.15) is 21.9 Å². The molecule has 5 rings (SSSR count). The molecule has 0 unspecified atom stereocenters. The Kier molecular flexibility index (Phi) is 4.25. The van der Waals surface area contributed by atoms with Crippen molar-refractivity contribution in [1.82, 2.24) is 19.1 Å². The van der Waals surface area contributed by atoms with Gasteiger partial charge in [-0.1, -0.05) is 29.6 Å². The molecule has 2 aliphatic heterocycles. The molecule has 0 spiro atoms. The van der Waals surface area contributed by atoms with Crippen LogP contribution >= 0.6 is 34.9 Å². The predicted octanol–water partition coefficient (Wildman–Crippen LogP) is 1.66. The number of hydrogen-bond acceptors (Lipinski definition) is 9. The molecule has 2 N–H and O–H groups in total. The summed E-state index contributed by atoms with van der Waals surface area (Å²) >= 11 is 4.13. The van der Waals surface area contributed by atoms with Crippen molar-refractivity contribution in [3.8, 4) is 11.8 Å². The predicted molar refractivity (Wildman–Crippen MR) is 107 cm³/mol. The molecule has 0 radical (unpaired) electrons. The Morgan fingerprint density at radius 1 is 0.929 bits per heavy atom. The Morgan fingerprint density at radius 3 is 1.93 bits per heavy atom. The fraction of sp³-hybridized carbons (Fsp3) is 0.294. The van der Waals surface area contributed by atoms with Crippen molar-refractivity contribution in [3.63, 3.8) is 0 Å². The van der Waals surface area contributed by atoms with E-state index in [0.29, 0.717) is 39.8 Å². The minimum atomic E-state index is -0.938. The molecule has 11 heteroatoms. The van der Waals surface area contributed by atoms with Crippen molar-refractivity contribution in [1.29, 1.82) is 0 Å². The molecular formula is C17H14N4O4S3. The third-order valence-electron chi connectivity index (χ3n) is 4.79. The van der Waals surface area contributed by atoms with Gasteiger partial charge in [0.1, 0.15) is 0 Å². The van der Waals surface area contributed by atoms with E-state index in [4.69, 9.17) is 0 Å². The summed E-state index contributed by atoms with van der Waals surface area (Å²) in [5.41, 5.74) is -0.808. The van der Waals surface area contributed by atoms with Crippen molar-refractivity contribution in [3.05, 3.63) is 54.2 Å². The van der Waals surface area contributed by atoms with Gasteiger partial charge in [-0.25, -0.2) is 0 Å². The SMILES string of the molecule is O=c1c(C(c2cccs2)c2c(O)nc3n(c2=O)CCS3)c(O)nc2n1CCS2. The summed E-state index contributed by atoms with van der Waals surface area (Å²) in [6.45, 7) is 0.973. The van der Waals surface area contributed by atoms with E-state index >= 15 is 0 Å². The number of rotatable bonds is 3. The minimum absolute atomic E-state index is 0.00546. The zero-order chi connectivity index (χ0) is 19.4. The topological polar surface area (TPSA) is 110 Å². The highest BCUT2D eigenvalue weighted by Gasteiger charge is 2.35. The van der Waals surface area contributed by atoms with Crippen LogP contribution in [-0.4, -0.2) is 40.8 Å². The number of aromatic hydroxyl groups is 2. The molecule has 3 aromatic heterocycles. The summed E-state index contributed by atoms with van der Waals surface area (Å²) in [4.78, 5) is 35.4. The zero-order valence-corrected chi connectivity index (χ0v) is 16.8. The number of fused-ring (bicyclic) bond motifs is 2. The van der Waals surface area contributed by atoms with Crippen LogP contribution in [0.15, 0.2) is 37.4 Å². The molecule has 2 aliphatic rings. The van der Waals surface area contributed by atoms with Crippen molar-refractivity contribution >= 4 is 34.9 Å². The molecule has 3 aromatic rings. The summed E-state index contributed by atoms with van der Waals surface area (Å²) in [6.07, 6.45) is 0. The molecule has 0 saturated carbocycles. The lowest BCUT2D eigenvalue weighted by Crippen LogP contribution is -2.31. The van der Waals surface area contributed by atoms with Gasteiger partial charge in [0.05, 0.1) is 17.0 Å². The van der Waals surface area contributed by atoms with Crippen LogP contribution < -0.4 is 11.1 Å². The smallest absolute Gasteiger partial charge is 0.262 e. The molecular weight excluding hydrogens is 420 g/mol. The maximum Gasteiger partial charge on any atom is 0.262 e. The average molecular weight is 435 g/mol. The summed E-state index contributed by atoms with van der Waals surface area (Å²) in [6, 6.07) is 3.57. The highest BCUT2D eigenvalue weighted by Crippen LogP contribution is 2.40. The third kappa shape index (κ3) is 2.60. The van der Waals surface area contributed by atoms with Gasteiger partial charge in [-0.05, 0) is 11.4 Å².